The van der Waals surface area contributed by atoms with Crippen LogP contribution >= 0.6 is 0 Å². The molecule has 0 N–H and O–H groups in total. The molecule has 0 bridgehead atoms. The molecule has 0 aliphatic heterocycles. The molecule has 31 heavy (non-hydrogen) atoms. The number of hydrogen-bond acceptors (Lipinski definition) is 6. The number of carbonyl (C=O) groups excluding carboxylic acids is 1. The predicted molar refractivity (Wildman–Crippen MR) is 116 cm³/mol. The molecule has 1 aliphatic rings. The summed E-state index contributed by atoms with van der Waals surface area (Å²) in [6.45, 7) is 4.05. The number of rotatable bonds is 4. The Kier molecular flexibility index (Phi) is 4.90. The Balaban J connectivity index is 1.61. The highest BCUT2D eigenvalue weighted by molar-refractivity contribution is 6.06. The number of hydrogen-bond donors (Lipinski definition) is 0. The van der Waals surface area contributed by atoms with Crippen LogP contribution in [0.25, 0.3) is 22.6 Å². The highest BCUT2D eigenvalue weighted by atomic mass is 16.5. The first-order chi connectivity index (χ1) is 15.1. The molecule has 0 saturated carbocycles. The van der Waals surface area contributed by atoms with Crippen LogP contribution in [-0.4, -0.2) is 16.1 Å². The van der Waals surface area contributed by atoms with Crippen LogP contribution in [-0.2, 0) is 17.8 Å². The van der Waals surface area contributed by atoms with Gasteiger partial charge in [-0.05, 0) is 61.1 Å². The van der Waals surface area contributed by atoms with E-state index in [2.05, 4.69) is 12.1 Å². The van der Waals surface area contributed by atoms with Crippen molar-refractivity contribution in [2.24, 2.45) is 5.92 Å². The second-order valence-corrected chi connectivity index (χ2v) is 8.03. The normalized spacial score (nSPS) is 17.1. The Morgan fingerprint density at radius 3 is 2.87 bits per heavy atom. The van der Waals surface area contributed by atoms with Crippen molar-refractivity contribution in [1.29, 1.82) is 0 Å². The number of pyridine rings is 1. The molecule has 1 atom stereocenters. The van der Waals surface area contributed by atoms with E-state index in [9.17, 15) is 4.79 Å². The van der Waals surface area contributed by atoms with E-state index >= 15 is 0 Å². The van der Waals surface area contributed by atoms with E-state index in [0.717, 1.165) is 46.3 Å². The summed E-state index contributed by atoms with van der Waals surface area (Å²) in [5.41, 5.74) is 4.78. The first-order valence-electron chi connectivity index (χ1n) is 10.3. The molecule has 0 amide bonds. The van der Waals surface area contributed by atoms with Crippen LogP contribution in [0.15, 0.2) is 57.7 Å². The van der Waals surface area contributed by atoms with Crippen LogP contribution in [0.5, 0.6) is 0 Å². The van der Waals surface area contributed by atoms with Gasteiger partial charge in [-0.2, -0.15) is 0 Å². The maximum absolute atomic E-state index is 13.3. The van der Waals surface area contributed by atoms with Gasteiger partial charge in [0.15, 0.2) is 0 Å². The maximum atomic E-state index is 13.3. The van der Waals surface area contributed by atoms with Gasteiger partial charge < -0.3 is 13.7 Å². The Morgan fingerprint density at radius 1 is 1.23 bits per heavy atom. The smallest absolute Gasteiger partial charge is 0.339 e. The summed E-state index contributed by atoms with van der Waals surface area (Å²) in [5, 5.41) is 4.71. The van der Waals surface area contributed by atoms with Crippen molar-refractivity contribution >= 4 is 28.5 Å². The van der Waals surface area contributed by atoms with Crippen molar-refractivity contribution in [3.63, 3.8) is 0 Å². The van der Waals surface area contributed by atoms with Gasteiger partial charge in [0.25, 0.3) is 0 Å². The van der Waals surface area contributed by atoms with Crippen LogP contribution in [0.1, 0.15) is 52.2 Å². The molecule has 1 aromatic carbocycles. The Bertz CT molecular complexity index is 1280. The van der Waals surface area contributed by atoms with E-state index in [4.69, 9.17) is 18.7 Å². The van der Waals surface area contributed by atoms with Crippen LogP contribution in [0.2, 0.25) is 0 Å². The zero-order chi connectivity index (χ0) is 21.4. The van der Waals surface area contributed by atoms with Crippen molar-refractivity contribution in [3.8, 4) is 0 Å². The first kappa shape index (κ1) is 19.3. The minimum Gasteiger partial charge on any atom is -0.465 e. The molecule has 4 aromatic rings. The van der Waals surface area contributed by atoms with Gasteiger partial charge in [0.1, 0.15) is 23.8 Å². The van der Waals surface area contributed by atoms with Crippen LogP contribution < -0.4 is 0 Å². The number of aryl methyl sites for hydroxylation is 1. The van der Waals surface area contributed by atoms with Crippen molar-refractivity contribution < 1.29 is 18.5 Å². The van der Waals surface area contributed by atoms with Crippen molar-refractivity contribution in [2.75, 3.05) is 0 Å². The molecule has 0 unspecified atom stereocenters. The lowest BCUT2D eigenvalue weighted by atomic mass is 9.81. The second kappa shape index (κ2) is 7.87. The van der Waals surface area contributed by atoms with E-state index in [1.165, 1.54) is 0 Å². The molecule has 3 heterocycles. The zero-order valence-electron chi connectivity index (χ0n) is 17.4. The van der Waals surface area contributed by atoms with Crippen LogP contribution in [0, 0.1) is 12.8 Å². The lowest BCUT2D eigenvalue weighted by Crippen LogP contribution is -2.19. The highest BCUT2D eigenvalue weighted by Gasteiger charge is 2.29. The number of carbonyl (C=O) groups is 1. The molecule has 5 rings (SSSR count). The molecular weight excluding hydrogens is 392 g/mol. The summed E-state index contributed by atoms with van der Waals surface area (Å²) < 4.78 is 16.3. The predicted octanol–water partition coefficient (Wildman–Crippen LogP) is 5.60. The molecule has 3 aromatic heterocycles. The number of fused-ring (bicyclic) bond motifs is 2. The maximum Gasteiger partial charge on any atom is 0.339 e. The fourth-order valence-corrected chi connectivity index (χ4v) is 4.21. The van der Waals surface area contributed by atoms with Gasteiger partial charge in [-0.15, -0.1) is 0 Å². The Hall–Kier alpha value is -3.67. The fraction of sp³-hybridized carbons (Fsp3) is 0.240. The van der Waals surface area contributed by atoms with Crippen molar-refractivity contribution in [2.45, 2.75) is 33.3 Å². The number of nitrogens with zero attached hydrogens (tertiary/aromatic N) is 2. The number of furan rings is 1. The summed E-state index contributed by atoms with van der Waals surface area (Å²) in [4.78, 5) is 18.2. The lowest BCUT2D eigenvalue weighted by Gasteiger charge is -2.26. The van der Waals surface area contributed by atoms with Gasteiger partial charge in [-0.25, -0.2) is 9.78 Å². The number of aromatic nitrogens is 2. The van der Waals surface area contributed by atoms with E-state index in [0.29, 0.717) is 22.9 Å². The largest absolute Gasteiger partial charge is 0.465 e. The van der Waals surface area contributed by atoms with Crippen molar-refractivity contribution in [1.82, 2.24) is 10.1 Å². The van der Waals surface area contributed by atoms with Crippen LogP contribution in [0.4, 0.5) is 0 Å². The van der Waals surface area contributed by atoms with E-state index in [1.807, 2.05) is 42.5 Å². The molecular formula is C25H22N2O4. The van der Waals surface area contributed by atoms with E-state index in [-0.39, 0.29) is 12.6 Å². The standard InChI is InChI=1S/C25H22N2O4/c1-15-10-17(13-19-6-5-9-29-19)24-21(11-15)23(20-7-3-4-8-22(20)26-24)25(28)30-14-18-12-16(2)31-27-18/h3-9,12-13,15H,10-11,14H2,1-2H3/b17-13-/t15-/m1/s1. The van der Waals surface area contributed by atoms with Gasteiger partial charge >= 0.3 is 5.97 Å². The average molecular weight is 414 g/mol. The second-order valence-electron chi connectivity index (χ2n) is 8.03. The van der Waals surface area contributed by atoms with E-state index < -0.39 is 0 Å². The first-order valence-corrected chi connectivity index (χ1v) is 10.3. The van der Waals surface area contributed by atoms with Gasteiger partial charge in [-0.1, -0.05) is 30.3 Å². The van der Waals surface area contributed by atoms with Gasteiger partial charge in [-0.3, -0.25) is 0 Å². The van der Waals surface area contributed by atoms with Gasteiger partial charge in [0.05, 0.1) is 23.0 Å². The lowest BCUT2D eigenvalue weighted by molar-refractivity contribution is 0.0465. The number of para-hydroxylation sites is 1. The minimum absolute atomic E-state index is 0.0617. The Labute approximate surface area is 179 Å². The topological polar surface area (TPSA) is 78.4 Å². The Morgan fingerprint density at radius 2 is 2.10 bits per heavy atom. The summed E-state index contributed by atoms with van der Waals surface area (Å²) in [7, 11) is 0. The molecule has 0 fully saturated rings. The third kappa shape index (κ3) is 3.77. The molecule has 1 aliphatic carbocycles. The molecule has 6 nitrogen and oxygen atoms in total. The number of ether oxygens (including phenoxy) is 1. The molecule has 156 valence electrons. The van der Waals surface area contributed by atoms with Gasteiger partial charge in [0.2, 0.25) is 0 Å². The SMILES string of the molecule is Cc1cc(COC(=O)c2c3c(nc4ccccc24)/C(=C\c2ccco2)C[C@@H](C)C3)no1. The number of esters is 1. The molecule has 6 heteroatoms. The fourth-order valence-electron chi connectivity index (χ4n) is 4.21. The highest BCUT2D eigenvalue weighted by Crippen LogP contribution is 2.38. The number of allylic oxidation sites excluding steroid dienone is 1. The summed E-state index contributed by atoms with van der Waals surface area (Å²) in [6.07, 6.45) is 5.30. The third-order valence-corrected chi connectivity index (χ3v) is 5.51. The molecule has 0 spiro atoms. The zero-order valence-corrected chi connectivity index (χ0v) is 17.4. The van der Waals surface area contributed by atoms with E-state index in [1.54, 1.807) is 19.3 Å². The molecule has 0 radical (unpaired) electrons. The van der Waals surface area contributed by atoms with Crippen molar-refractivity contribution in [3.05, 3.63) is 82.8 Å². The minimum atomic E-state index is -0.373. The molecule has 0 saturated heterocycles. The quantitative estimate of drug-likeness (QED) is 0.404. The summed E-state index contributed by atoms with van der Waals surface area (Å²) in [6, 6.07) is 13.2. The summed E-state index contributed by atoms with van der Waals surface area (Å²) in [5.74, 6) is 1.44. The monoisotopic (exact) mass is 414 g/mol. The third-order valence-electron chi connectivity index (χ3n) is 5.51. The number of benzene rings is 1. The average Bonchev–Trinajstić information content (AvgIpc) is 3.42. The summed E-state index contributed by atoms with van der Waals surface area (Å²) >= 11 is 0. The van der Waals surface area contributed by atoms with Gasteiger partial charge in [0, 0.05) is 11.5 Å². The van der Waals surface area contributed by atoms with Crippen LogP contribution in [0.3, 0.4) is 0 Å².